The summed E-state index contributed by atoms with van der Waals surface area (Å²) in [6, 6.07) is 11.2. The van der Waals surface area contributed by atoms with Crippen LogP contribution < -0.4 is 15.0 Å². The highest BCUT2D eigenvalue weighted by atomic mass is 16.6. The molecule has 2 aromatic carbocycles. The number of carbonyl (C=O) groups is 2. The number of rotatable bonds is 7. The van der Waals surface area contributed by atoms with Crippen LogP contribution in [0.4, 0.5) is 17.1 Å². The molecule has 0 spiro atoms. The third-order valence-corrected chi connectivity index (χ3v) is 4.82. The van der Waals surface area contributed by atoms with Gasteiger partial charge in [-0.1, -0.05) is 0 Å². The van der Waals surface area contributed by atoms with Crippen LogP contribution in [-0.4, -0.2) is 43.6 Å². The summed E-state index contributed by atoms with van der Waals surface area (Å²) in [7, 11) is 1.30. The minimum absolute atomic E-state index is 0.0299. The van der Waals surface area contributed by atoms with E-state index in [0.717, 1.165) is 24.8 Å². The van der Waals surface area contributed by atoms with Crippen molar-refractivity contribution in [3.8, 4) is 5.75 Å². The first-order valence-electron chi connectivity index (χ1n) is 9.62. The number of nitrogens with zero attached hydrogens (tertiary/aromatic N) is 2. The normalized spacial score (nSPS) is 13.4. The molecule has 9 nitrogen and oxygen atoms in total. The van der Waals surface area contributed by atoms with Crippen LogP contribution in [0.3, 0.4) is 0 Å². The van der Waals surface area contributed by atoms with E-state index in [0.29, 0.717) is 5.69 Å². The van der Waals surface area contributed by atoms with Crippen molar-refractivity contribution in [1.82, 2.24) is 0 Å². The van der Waals surface area contributed by atoms with Crippen LogP contribution in [-0.2, 0) is 9.53 Å². The van der Waals surface area contributed by atoms with Crippen molar-refractivity contribution in [2.24, 2.45) is 0 Å². The zero-order chi connectivity index (χ0) is 21.5. The van der Waals surface area contributed by atoms with Gasteiger partial charge in [0.15, 0.2) is 12.4 Å². The van der Waals surface area contributed by atoms with E-state index < -0.39 is 23.4 Å². The molecule has 1 fully saturated rings. The molecule has 3 rings (SSSR count). The number of piperidine rings is 1. The SMILES string of the molecule is COc1ccc(C(=O)OCC(=O)Nc2ccc(N3CCCCC3)cc2)cc1[N+](=O)[O-]. The first-order valence-corrected chi connectivity index (χ1v) is 9.62. The van der Waals surface area contributed by atoms with Gasteiger partial charge in [-0.15, -0.1) is 0 Å². The van der Waals surface area contributed by atoms with Crippen LogP contribution >= 0.6 is 0 Å². The minimum Gasteiger partial charge on any atom is -0.490 e. The Labute approximate surface area is 173 Å². The number of anilines is 2. The average molecular weight is 413 g/mol. The lowest BCUT2D eigenvalue weighted by Gasteiger charge is -2.28. The summed E-state index contributed by atoms with van der Waals surface area (Å²) in [6.45, 7) is 1.56. The number of methoxy groups -OCH3 is 1. The van der Waals surface area contributed by atoms with Gasteiger partial charge in [-0.3, -0.25) is 14.9 Å². The summed E-state index contributed by atoms with van der Waals surface area (Å²) < 4.78 is 9.86. The predicted octanol–water partition coefficient (Wildman–Crippen LogP) is 3.39. The Kier molecular flexibility index (Phi) is 6.84. The van der Waals surface area contributed by atoms with Gasteiger partial charge in [0.2, 0.25) is 0 Å². The number of carbonyl (C=O) groups excluding carboxylic acids is 2. The maximum Gasteiger partial charge on any atom is 0.338 e. The fourth-order valence-electron chi connectivity index (χ4n) is 3.28. The van der Waals surface area contributed by atoms with Gasteiger partial charge >= 0.3 is 11.7 Å². The molecule has 9 heteroatoms. The quantitative estimate of drug-likeness (QED) is 0.421. The molecule has 1 aliphatic heterocycles. The summed E-state index contributed by atoms with van der Waals surface area (Å²) >= 11 is 0. The Balaban J connectivity index is 1.53. The van der Waals surface area contributed by atoms with E-state index in [1.165, 1.54) is 38.5 Å². The van der Waals surface area contributed by atoms with Gasteiger partial charge in [0.1, 0.15) is 0 Å². The topological polar surface area (TPSA) is 111 Å². The van der Waals surface area contributed by atoms with Crippen molar-refractivity contribution in [2.45, 2.75) is 19.3 Å². The molecular formula is C21H23N3O6. The number of amides is 1. The van der Waals surface area contributed by atoms with Crippen molar-refractivity contribution < 1.29 is 24.0 Å². The summed E-state index contributed by atoms with van der Waals surface area (Å²) in [6.07, 6.45) is 3.62. The van der Waals surface area contributed by atoms with Gasteiger partial charge in [0, 0.05) is 30.5 Å². The summed E-state index contributed by atoms with van der Waals surface area (Å²) in [5.41, 5.74) is 1.31. The number of nitrogens with one attached hydrogen (secondary N) is 1. The Morgan fingerprint density at radius 1 is 1.10 bits per heavy atom. The van der Waals surface area contributed by atoms with Crippen LogP contribution in [0.2, 0.25) is 0 Å². The molecular weight excluding hydrogens is 390 g/mol. The number of esters is 1. The molecule has 1 N–H and O–H groups in total. The van der Waals surface area contributed by atoms with Gasteiger partial charge in [0.05, 0.1) is 17.6 Å². The summed E-state index contributed by atoms with van der Waals surface area (Å²) in [5, 5.41) is 13.7. The lowest BCUT2D eigenvalue weighted by molar-refractivity contribution is -0.385. The van der Waals surface area contributed by atoms with Gasteiger partial charge in [0.25, 0.3) is 5.91 Å². The molecule has 1 heterocycles. The number of ether oxygens (including phenoxy) is 2. The summed E-state index contributed by atoms with van der Waals surface area (Å²) in [5.74, 6) is -1.31. The molecule has 0 saturated carbocycles. The molecule has 0 aliphatic carbocycles. The largest absolute Gasteiger partial charge is 0.490 e. The zero-order valence-corrected chi connectivity index (χ0v) is 16.6. The van der Waals surface area contributed by atoms with E-state index in [1.807, 2.05) is 12.1 Å². The van der Waals surface area contributed by atoms with E-state index in [4.69, 9.17) is 9.47 Å². The average Bonchev–Trinajstić information content (AvgIpc) is 2.78. The van der Waals surface area contributed by atoms with Crippen molar-refractivity contribution in [1.29, 1.82) is 0 Å². The van der Waals surface area contributed by atoms with Crippen LogP contribution in [0.15, 0.2) is 42.5 Å². The maximum atomic E-state index is 12.1. The van der Waals surface area contributed by atoms with Crippen LogP contribution in [0, 0.1) is 10.1 Å². The predicted molar refractivity (Wildman–Crippen MR) is 111 cm³/mol. The van der Waals surface area contributed by atoms with Gasteiger partial charge < -0.3 is 19.7 Å². The first kappa shape index (κ1) is 21.1. The molecule has 2 aromatic rings. The Bertz CT molecular complexity index is 923. The number of benzene rings is 2. The van der Waals surface area contributed by atoms with E-state index in [2.05, 4.69) is 10.2 Å². The molecule has 1 aliphatic rings. The van der Waals surface area contributed by atoms with E-state index >= 15 is 0 Å². The lowest BCUT2D eigenvalue weighted by Crippen LogP contribution is -2.29. The molecule has 1 amide bonds. The standard InChI is InChI=1S/C21H23N3O6/c1-29-19-10-5-15(13-18(19)24(27)28)21(26)30-14-20(25)22-16-6-8-17(9-7-16)23-11-3-2-4-12-23/h5-10,13H,2-4,11-12,14H2,1H3,(H,22,25). The first-order chi connectivity index (χ1) is 14.5. The van der Waals surface area contributed by atoms with Crippen molar-refractivity contribution in [3.05, 3.63) is 58.1 Å². The third kappa shape index (κ3) is 5.25. The Morgan fingerprint density at radius 3 is 2.43 bits per heavy atom. The van der Waals surface area contributed by atoms with Gasteiger partial charge in [-0.05, 0) is 55.7 Å². The van der Waals surface area contributed by atoms with Crippen LogP contribution in [0.1, 0.15) is 29.6 Å². The minimum atomic E-state index is -0.837. The van der Waals surface area contributed by atoms with Crippen molar-refractivity contribution >= 4 is 28.9 Å². The number of nitro groups is 1. The highest BCUT2D eigenvalue weighted by Gasteiger charge is 2.19. The molecule has 0 radical (unpaired) electrons. The van der Waals surface area contributed by atoms with Crippen LogP contribution in [0.5, 0.6) is 5.75 Å². The molecule has 158 valence electrons. The second-order valence-electron chi connectivity index (χ2n) is 6.86. The molecule has 0 atom stereocenters. The maximum absolute atomic E-state index is 12.1. The molecule has 30 heavy (non-hydrogen) atoms. The Morgan fingerprint density at radius 2 is 1.80 bits per heavy atom. The zero-order valence-electron chi connectivity index (χ0n) is 16.6. The fraction of sp³-hybridized carbons (Fsp3) is 0.333. The van der Waals surface area contributed by atoms with Gasteiger partial charge in [-0.25, -0.2) is 4.79 Å². The second kappa shape index (κ2) is 9.73. The number of hydrogen-bond donors (Lipinski definition) is 1. The smallest absolute Gasteiger partial charge is 0.338 e. The van der Waals surface area contributed by atoms with E-state index in [1.54, 1.807) is 12.1 Å². The van der Waals surface area contributed by atoms with Crippen LogP contribution in [0.25, 0.3) is 0 Å². The van der Waals surface area contributed by atoms with Crippen molar-refractivity contribution in [2.75, 3.05) is 37.0 Å². The van der Waals surface area contributed by atoms with Crippen molar-refractivity contribution in [3.63, 3.8) is 0 Å². The fourth-order valence-corrected chi connectivity index (χ4v) is 3.28. The summed E-state index contributed by atoms with van der Waals surface area (Å²) in [4.78, 5) is 36.9. The third-order valence-electron chi connectivity index (χ3n) is 4.82. The highest BCUT2D eigenvalue weighted by Crippen LogP contribution is 2.27. The Hall–Kier alpha value is -3.62. The molecule has 0 bridgehead atoms. The van der Waals surface area contributed by atoms with E-state index in [9.17, 15) is 19.7 Å². The number of nitro benzene ring substituents is 1. The molecule has 0 aromatic heterocycles. The lowest BCUT2D eigenvalue weighted by atomic mass is 10.1. The second-order valence-corrected chi connectivity index (χ2v) is 6.86. The van der Waals surface area contributed by atoms with Gasteiger partial charge in [-0.2, -0.15) is 0 Å². The highest BCUT2D eigenvalue weighted by molar-refractivity contribution is 5.96. The monoisotopic (exact) mass is 413 g/mol. The molecule has 1 saturated heterocycles. The molecule has 0 unspecified atom stereocenters. The van der Waals surface area contributed by atoms with E-state index in [-0.39, 0.29) is 17.0 Å². The number of hydrogen-bond acceptors (Lipinski definition) is 7.